The highest BCUT2D eigenvalue weighted by Crippen LogP contribution is 2.31. The highest BCUT2D eigenvalue weighted by molar-refractivity contribution is 5.94. The summed E-state index contributed by atoms with van der Waals surface area (Å²) in [5.41, 5.74) is 0.662. The van der Waals surface area contributed by atoms with E-state index in [1.807, 2.05) is 36.4 Å². The van der Waals surface area contributed by atoms with Crippen LogP contribution in [0.25, 0.3) is 0 Å². The van der Waals surface area contributed by atoms with Crippen LogP contribution >= 0.6 is 0 Å². The first kappa shape index (κ1) is 17.7. The van der Waals surface area contributed by atoms with E-state index in [1.54, 1.807) is 24.3 Å². The van der Waals surface area contributed by atoms with E-state index < -0.39 is 11.6 Å². The Bertz CT molecular complexity index is 808. The minimum atomic E-state index is -0.734. The molecular formula is C21H21N3O2. The van der Waals surface area contributed by atoms with Gasteiger partial charge in [-0.2, -0.15) is 5.26 Å². The molecule has 1 saturated carbocycles. The van der Waals surface area contributed by atoms with Crippen LogP contribution in [0.4, 0.5) is 0 Å². The van der Waals surface area contributed by atoms with E-state index in [-0.39, 0.29) is 18.2 Å². The molecule has 132 valence electrons. The molecule has 1 aliphatic carbocycles. The molecule has 1 fully saturated rings. The van der Waals surface area contributed by atoms with E-state index in [1.165, 1.54) is 0 Å². The van der Waals surface area contributed by atoms with Gasteiger partial charge in [-0.25, -0.2) is 0 Å². The van der Waals surface area contributed by atoms with Gasteiger partial charge in [0.25, 0.3) is 5.91 Å². The molecule has 0 aromatic heterocycles. The molecule has 2 aromatic rings. The van der Waals surface area contributed by atoms with Gasteiger partial charge < -0.3 is 10.6 Å². The van der Waals surface area contributed by atoms with Crippen LogP contribution < -0.4 is 10.6 Å². The van der Waals surface area contributed by atoms with Crippen molar-refractivity contribution in [2.24, 2.45) is 0 Å². The van der Waals surface area contributed by atoms with Gasteiger partial charge in [-0.15, -0.1) is 0 Å². The number of nitrogens with one attached hydrogen (secondary N) is 2. The fourth-order valence-corrected chi connectivity index (χ4v) is 3.07. The highest BCUT2D eigenvalue weighted by Gasteiger charge is 2.38. The van der Waals surface area contributed by atoms with Crippen LogP contribution in [0.3, 0.4) is 0 Å². The minimum absolute atomic E-state index is 0.0893. The number of benzene rings is 2. The number of rotatable bonds is 6. The number of carbonyl (C=O) groups excluding carboxylic acids is 2. The monoisotopic (exact) mass is 347 g/mol. The number of carbonyl (C=O) groups is 2. The topological polar surface area (TPSA) is 82.0 Å². The van der Waals surface area contributed by atoms with E-state index >= 15 is 0 Å². The Kier molecular flexibility index (Phi) is 5.33. The first-order chi connectivity index (χ1) is 12.6. The molecule has 0 heterocycles. The van der Waals surface area contributed by atoms with Crippen LogP contribution in [0.5, 0.6) is 0 Å². The van der Waals surface area contributed by atoms with Gasteiger partial charge in [0.1, 0.15) is 5.54 Å². The number of hydrogen-bond donors (Lipinski definition) is 2. The first-order valence-corrected chi connectivity index (χ1v) is 8.75. The van der Waals surface area contributed by atoms with Crippen molar-refractivity contribution in [2.45, 2.75) is 37.3 Å². The zero-order valence-corrected chi connectivity index (χ0v) is 14.4. The lowest BCUT2D eigenvalue weighted by atomic mass is 9.78. The van der Waals surface area contributed by atoms with Crippen molar-refractivity contribution in [1.82, 2.24) is 10.6 Å². The van der Waals surface area contributed by atoms with Crippen LogP contribution in [-0.2, 0) is 4.79 Å². The Morgan fingerprint density at radius 1 is 1.04 bits per heavy atom. The van der Waals surface area contributed by atoms with Crippen molar-refractivity contribution >= 4 is 11.8 Å². The molecule has 5 nitrogen and oxygen atoms in total. The normalized spacial score (nSPS) is 15.8. The molecule has 0 radical (unpaired) electrons. The van der Waals surface area contributed by atoms with Crippen LogP contribution in [0.2, 0.25) is 0 Å². The number of hydrogen-bond acceptors (Lipinski definition) is 3. The largest absolute Gasteiger partial charge is 0.345 e. The van der Waals surface area contributed by atoms with Crippen molar-refractivity contribution < 1.29 is 9.59 Å². The minimum Gasteiger partial charge on any atom is -0.345 e. The second-order valence-corrected chi connectivity index (χ2v) is 6.60. The maximum absolute atomic E-state index is 12.5. The van der Waals surface area contributed by atoms with Crippen molar-refractivity contribution in [3.05, 3.63) is 71.8 Å². The Labute approximate surface area is 153 Å². The van der Waals surface area contributed by atoms with Crippen LogP contribution in [0.15, 0.2) is 60.7 Å². The summed E-state index contributed by atoms with van der Waals surface area (Å²) in [4.78, 5) is 25.0. The van der Waals surface area contributed by atoms with E-state index in [4.69, 9.17) is 0 Å². The summed E-state index contributed by atoms with van der Waals surface area (Å²) in [6, 6.07) is 20.1. The van der Waals surface area contributed by atoms with E-state index in [0.29, 0.717) is 18.4 Å². The lowest BCUT2D eigenvalue weighted by Gasteiger charge is -2.36. The van der Waals surface area contributed by atoms with Crippen LogP contribution in [-0.4, -0.2) is 17.4 Å². The molecule has 2 amide bonds. The SMILES string of the molecule is N#CC1(NC(=O)CC(NC(=O)c2ccccc2)c2ccccc2)CCC1. The molecule has 1 aliphatic rings. The second-order valence-electron chi connectivity index (χ2n) is 6.60. The molecule has 5 heteroatoms. The Balaban J connectivity index is 1.73. The van der Waals surface area contributed by atoms with Gasteiger partial charge in [0.15, 0.2) is 0 Å². The summed E-state index contributed by atoms with van der Waals surface area (Å²) in [5, 5.41) is 15.1. The summed E-state index contributed by atoms with van der Waals surface area (Å²) in [5.74, 6) is -0.459. The molecule has 0 aliphatic heterocycles. The lowest BCUT2D eigenvalue weighted by molar-refractivity contribution is -0.123. The van der Waals surface area contributed by atoms with Crippen molar-refractivity contribution in [1.29, 1.82) is 5.26 Å². The lowest BCUT2D eigenvalue weighted by Crippen LogP contribution is -2.53. The van der Waals surface area contributed by atoms with E-state index in [9.17, 15) is 14.9 Å². The third-order valence-corrected chi connectivity index (χ3v) is 4.73. The van der Waals surface area contributed by atoms with Crippen molar-refractivity contribution in [2.75, 3.05) is 0 Å². The average molecular weight is 347 g/mol. The third kappa shape index (κ3) is 4.09. The van der Waals surface area contributed by atoms with Gasteiger partial charge >= 0.3 is 0 Å². The molecule has 26 heavy (non-hydrogen) atoms. The van der Waals surface area contributed by atoms with Gasteiger partial charge in [0.2, 0.25) is 5.91 Å². The van der Waals surface area contributed by atoms with E-state index in [2.05, 4.69) is 16.7 Å². The quantitative estimate of drug-likeness (QED) is 0.842. The first-order valence-electron chi connectivity index (χ1n) is 8.75. The molecule has 3 rings (SSSR count). The Morgan fingerprint density at radius 3 is 2.19 bits per heavy atom. The smallest absolute Gasteiger partial charge is 0.251 e. The fraction of sp³-hybridized carbons (Fsp3) is 0.286. The predicted octanol–water partition coefficient (Wildman–Crippen LogP) is 3.11. The molecular weight excluding hydrogens is 326 g/mol. The van der Waals surface area contributed by atoms with Crippen LogP contribution in [0, 0.1) is 11.3 Å². The molecule has 2 aromatic carbocycles. The van der Waals surface area contributed by atoms with E-state index in [0.717, 1.165) is 12.0 Å². The Morgan fingerprint density at radius 2 is 1.65 bits per heavy atom. The fourth-order valence-electron chi connectivity index (χ4n) is 3.07. The third-order valence-electron chi connectivity index (χ3n) is 4.73. The Hall–Kier alpha value is -3.13. The molecule has 1 unspecified atom stereocenters. The summed E-state index contributed by atoms with van der Waals surface area (Å²) >= 11 is 0. The molecule has 2 N–H and O–H groups in total. The van der Waals surface area contributed by atoms with Gasteiger partial charge in [0, 0.05) is 5.56 Å². The molecule has 0 spiro atoms. The number of nitrogens with zero attached hydrogens (tertiary/aromatic N) is 1. The summed E-state index contributed by atoms with van der Waals surface area (Å²) in [6.07, 6.45) is 2.40. The van der Waals surface area contributed by atoms with Gasteiger partial charge in [-0.1, -0.05) is 48.5 Å². The molecule has 0 saturated heterocycles. The molecule has 0 bridgehead atoms. The van der Waals surface area contributed by atoms with Gasteiger partial charge in [-0.05, 0) is 37.0 Å². The number of nitriles is 1. The zero-order chi connectivity index (χ0) is 18.4. The maximum Gasteiger partial charge on any atom is 0.251 e. The summed E-state index contributed by atoms with van der Waals surface area (Å²) in [7, 11) is 0. The maximum atomic E-state index is 12.5. The van der Waals surface area contributed by atoms with Crippen LogP contribution in [0.1, 0.15) is 47.6 Å². The molecule has 1 atom stereocenters. The second kappa shape index (κ2) is 7.83. The van der Waals surface area contributed by atoms with Gasteiger partial charge in [-0.3, -0.25) is 9.59 Å². The zero-order valence-electron chi connectivity index (χ0n) is 14.4. The highest BCUT2D eigenvalue weighted by atomic mass is 16.2. The number of amides is 2. The average Bonchev–Trinajstić information content (AvgIpc) is 2.65. The summed E-state index contributed by atoms with van der Waals surface area (Å²) in [6.45, 7) is 0. The van der Waals surface area contributed by atoms with Gasteiger partial charge in [0.05, 0.1) is 18.5 Å². The standard InChI is InChI=1S/C21H21N3O2/c22-15-21(12-7-13-21)24-19(25)14-18(16-8-3-1-4-9-16)23-20(26)17-10-5-2-6-11-17/h1-6,8-11,18H,7,12-14H2,(H,23,26)(H,24,25). The van der Waals surface area contributed by atoms with Crippen molar-refractivity contribution in [3.63, 3.8) is 0 Å². The van der Waals surface area contributed by atoms with Crippen molar-refractivity contribution in [3.8, 4) is 6.07 Å². The summed E-state index contributed by atoms with van der Waals surface area (Å²) < 4.78 is 0. The predicted molar refractivity (Wildman–Crippen MR) is 98.0 cm³/mol.